The lowest BCUT2D eigenvalue weighted by Gasteiger charge is -2.04. The summed E-state index contributed by atoms with van der Waals surface area (Å²) in [6, 6.07) is 0. The van der Waals surface area contributed by atoms with Crippen LogP contribution in [0.15, 0.2) is 15.8 Å². The first-order valence-corrected chi connectivity index (χ1v) is 4.30. The third-order valence-corrected chi connectivity index (χ3v) is 2.25. The van der Waals surface area contributed by atoms with Crippen LogP contribution in [0.5, 0.6) is 0 Å². The predicted molar refractivity (Wildman–Crippen MR) is 51.3 cm³/mol. The molecule has 0 saturated carbocycles. The first-order chi connectivity index (χ1) is 6.66. The monoisotopic (exact) mass is 194 g/mol. The van der Waals surface area contributed by atoms with E-state index < -0.39 is 0 Å². The standard InChI is InChI=1S/C8H10N4O2/c1-3-12-6-5(4-9-10-6)7(13)11(2)8(12)14/h4H,3H2,1-2H3,(H,9,10). The van der Waals surface area contributed by atoms with Gasteiger partial charge in [-0.3, -0.25) is 19.0 Å². The molecule has 1 N–H and O–H groups in total. The smallest absolute Gasteiger partial charge is 0.283 e. The van der Waals surface area contributed by atoms with Crippen molar-refractivity contribution in [1.82, 2.24) is 19.3 Å². The molecule has 6 nitrogen and oxygen atoms in total. The van der Waals surface area contributed by atoms with Gasteiger partial charge in [0.05, 0.1) is 0 Å². The van der Waals surface area contributed by atoms with Gasteiger partial charge in [0.15, 0.2) is 5.65 Å². The van der Waals surface area contributed by atoms with Gasteiger partial charge in [0.25, 0.3) is 5.56 Å². The van der Waals surface area contributed by atoms with E-state index in [1.54, 1.807) is 0 Å². The molecule has 14 heavy (non-hydrogen) atoms. The van der Waals surface area contributed by atoms with Crippen molar-refractivity contribution in [2.24, 2.45) is 7.05 Å². The maximum atomic E-state index is 11.6. The van der Waals surface area contributed by atoms with E-state index in [2.05, 4.69) is 10.2 Å². The minimum atomic E-state index is -0.336. The highest BCUT2D eigenvalue weighted by molar-refractivity contribution is 5.72. The average molecular weight is 194 g/mol. The van der Waals surface area contributed by atoms with E-state index in [-0.39, 0.29) is 11.2 Å². The maximum absolute atomic E-state index is 11.6. The predicted octanol–water partition coefficient (Wildman–Crippen LogP) is -0.557. The molecule has 2 rings (SSSR count). The number of H-pyrrole nitrogens is 1. The van der Waals surface area contributed by atoms with Crippen molar-refractivity contribution in [3.8, 4) is 0 Å². The van der Waals surface area contributed by atoms with Crippen LogP contribution in [0.4, 0.5) is 0 Å². The summed E-state index contributed by atoms with van der Waals surface area (Å²) in [5, 5.41) is 6.90. The molecule has 0 aliphatic carbocycles. The number of hydrogen-bond donors (Lipinski definition) is 1. The number of aromatic nitrogens is 4. The summed E-state index contributed by atoms with van der Waals surface area (Å²) in [4.78, 5) is 23.2. The second kappa shape index (κ2) is 2.83. The Kier molecular flexibility index (Phi) is 1.77. The molecule has 0 aromatic carbocycles. The number of hydrogen-bond acceptors (Lipinski definition) is 3. The van der Waals surface area contributed by atoms with E-state index in [9.17, 15) is 9.59 Å². The van der Waals surface area contributed by atoms with Crippen molar-refractivity contribution in [3.63, 3.8) is 0 Å². The van der Waals surface area contributed by atoms with Gasteiger partial charge in [0, 0.05) is 19.8 Å². The Morgan fingerprint density at radius 3 is 2.86 bits per heavy atom. The van der Waals surface area contributed by atoms with Crippen LogP contribution < -0.4 is 11.2 Å². The SMILES string of the molecule is CCn1c(=O)n(C)c(=O)c2c[nH]nc21. The molecule has 2 aromatic rings. The summed E-state index contributed by atoms with van der Waals surface area (Å²) in [5.41, 5.74) is -0.235. The van der Waals surface area contributed by atoms with Crippen molar-refractivity contribution < 1.29 is 0 Å². The topological polar surface area (TPSA) is 72.7 Å². The molecule has 0 bridgehead atoms. The lowest BCUT2D eigenvalue weighted by Crippen LogP contribution is -2.37. The van der Waals surface area contributed by atoms with Crippen molar-refractivity contribution in [2.75, 3.05) is 0 Å². The summed E-state index contributed by atoms with van der Waals surface area (Å²) in [7, 11) is 1.46. The van der Waals surface area contributed by atoms with Crippen LogP contribution in [0.3, 0.4) is 0 Å². The molecule has 0 saturated heterocycles. The Labute approximate surface area is 78.8 Å². The molecule has 74 valence electrons. The fourth-order valence-corrected chi connectivity index (χ4v) is 1.47. The molecule has 2 heterocycles. The van der Waals surface area contributed by atoms with Crippen LogP contribution in [0, 0.1) is 0 Å². The molecular formula is C8H10N4O2. The fourth-order valence-electron chi connectivity index (χ4n) is 1.47. The van der Waals surface area contributed by atoms with Crippen LogP contribution in [-0.4, -0.2) is 19.3 Å². The quantitative estimate of drug-likeness (QED) is 0.661. The van der Waals surface area contributed by atoms with Gasteiger partial charge in [-0.15, -0.1) is 0 Å². The zero-order valence-corrected chi connectivity index (χ0v) is 7.94. The molecule has 0 amide bonds. The Morgan fingerprint density at radius 2 is 2.21 bits per heavy atom. The number of nitrogens with one attached hydrogen (secondary N) is 1. The van der Waals surface area contributed by atoms with Gasteiger partial charge in [-0.05, 0) is 6.92 Å². The molecule has 6 heteroatoms. The van der Waals surface area contributed by atoms with Crippen molar-refractivity contribution >= 4 is 11.0 Å². The second-order valence-electron chi connectivity index (χ2n) is 3.01. The summed E-state index contributed by atoms with van der Waals surface area (Å²) < 4.78 is 2.54. The van der Waals surface area contributed by atoms with E-state index in [1.807, 2.05) is 6.92 Å². The van der Waals surface area contributed by atoms with Gasteiger partial charge in [-0.25, -0.2) is 4.79 Å². The zero-order chi connectivity index (χ0) is 10.3. The Bertz CT molecular complexity index is 589. The van der Waals surface area contributed by atoms with Crippen LogP contribution >= 0.6 is 0 Å². The highest BCUT2D eigenvalue weighted by Gasteiger charge is 2.10. The van der Waals surface area contributed by atoms with Gasteiger partial charge < -0.3 is 0 Å². The van der Waals surface area contributed by atoms with Crippen LogP contribution in [-0.2, 0) is 13.6 Å². The van der Waals surface area contributed by atoms with Crippen molar-refractivity contribution in [3.05, 3.63) is 27.0 Å². The van der Waals surface area contributed by atoms with Crippen LogP contribution in [0.2, 0.25) is 0 Å². The van der Waals surface area contributed by atoms with Crippen LogP contribution in [0.1, 0.15) is 6.92 Å². The third-order valence-electron chi connectivity index (χ3n) is 2.25. The molecule has 0 fully saturated rings. The summed E-state index contributed by atoms with van der Waals surface area (Å²) in [6.45, 7) is 2.33. The fraction of sp³-hybridized carbons (Fsp3) is 0.375. The van der Waals surface area contributed by atoms with Gasteiger partial charge in [0.1, 0.15) is 5.39 Å². The molecule has 0 atom stereocenters. The van der Waals surface area contributed by atoms with E-state index in [0.29, 0.717) is 17.6 Å². The molecule has 0 unspecified atom stereocenters. The Balaban J connectivity index is 3.11. The minimum absolute atomic E-state index is 0.316. The normalized spacial score (nSPS) is 11.0. The minimum Gasteiger partial charge on any atom is -0.283 e. The molecular weight excluding hydrogens is 184 g/mol. The van der Waals surface area contributed by atoms with Crippen molar-refractivity contribution in [1.29, 1.82) is 0 Å². The number of nitrogens with zero attached hydrogens (tertiary/aromatic N) is 3. The number of aryl methyl sites for hydroxylation is 1. The zero-order valence-electron chi connectivity index (χ0n) is 7.94. The average Bonchev–Trinajstić information content (AvgIpc) is 2.64. The third kappa shape index (κ3) is 0.935. The molecule has 0 aliphatic rings. The first kappa shape index (κ1) is 8.74. The van der Waals surface area contributed by atoms with E-state index >= 15 is 0 Å². The highest BCUT2D eigenvalue weighted by Crippen LogP contribution is 2.01. The largest absolute Gasteiger partial charge is 0.332 e. The van der Waals surface area contributed by atoms with Crippen LogP contribution in [0.25, 0.3) is 11.0 Å². The summed E-state index contributed by atoms with van der Waals surface area (Å²) >= 11 is 0. The number of rotatable bonds is 1. The van der Waals surface area contributed by atoms with Gasteiger partial charge in [-0.2, -0.15) is 5.10 Å². The van der Waals surface area contributed by atoms with Gasteiger partial charge in [-0.1, -0.05) is 0 Å². The number of aromatic amines is 1. The Hall–Kier alpha value is -1.85. The van der Waals surface area contributed by atoms with E-state index in [4.69, 9.17) is 0 Å². The summed E-state index contributed by atoms with van der Waals surface area (Å²) in [6.07, 6.45) is 1.50. The molecule has 0 aliphatic heterocycles. The van der Waals surface area contributed by atoms with Gasteiger partial charge in [0.2, 0.25) is 0 Å². The molecule has 2 aromatic heterocycles. The molecule has 0 spiro atoms. The number of fused-ring (bicyclic) bond motifs is 1. The Morgan fingerprint density at radius 1 is 1.50 bits per heavy atom. The van der Waals surface area contributed by atoms with E-state index in [1.165, 1.54) is 17.8 Å². The lowest BCUT2D eigenvalue weighted by atomic mass is 10.4. The second-order valence-corrected chi connectivity index (χ2v) is 3.01. The molecule has 0 radical (unpaired) electrons. The van der Waals surface area contributed by atoms with E-state index in [0.717, 1.165) is 4.57 Å². The maximum Gasteiger partial charge on any atom is 0.332 e. The summed E-state index contributed by atoms with van der Waals surface area (Å²) in [5.74, 6) is 0. The van der Waals surface area contributed by atoms with Gasteiger partial charge >= 0.3 is 5.69 Å². The van der Waals surface area contributed by atoms with Crippen molar-refractivity contribution in [2.45, 2.75) is 13.5 Å². The first-order valence-electron chi connectivity index (χ1n) is 4.30. The lowest BCUT2D eigenvalue weighted by molar-refractivity contribution is 0.651. The highest BCUT2D eigenvalue weighted by atomic mass is 16.2.